The number of aryl methyl sites for hydroxylation is 1. The minimum atomic E-state index is -0.946. The summed E-state index contributed by atoms with van der Waals surface area (Å²) in [6.07, 6.45) is 10.6. The maximum absolute atomic E-state index is 11.5. The molecule has 0 saturated heterocycles. The maximum atomic E-state index is 11.5. The number of aliphatic hydroxyl groups excluding tert-OH is 2. The number of rotatable bonds is 7. The van der Waals surface area contributed by atoms with Crippen LogP contribution in [0.5, 0.6) is 5.75 Å². The first-order chi connectivity index (χ1) is 14.4. The molecule has 0 aromatic heterocycles. The van der Waals surface area contributed by atoms with Crippen LogP contribution in [0.15, 0.2) is 24.3 Å². The molecule has 0 bridgehead atoms. The normalized spacial score (nSPS) is 30.3. The lowest BCUT2D eigenvalue weighted by Crippen LogP contribution is -2.25. The number of carboxylic acid groups (broad SMARTS) is 1. The third kappa shape index (κ3) is 3.90. The summed E-state index contributed by atoms with van der Waals surface area (Å²) in [5, 5.41) is 30.9. The van der Waals surface area contributed by atoms with Crippen LogP contribution in [-0.2, 0) is 6.42 Å². The van der Waals surface area contributed by atoms with Crippen molar-refractivity contribution in [1.82, 2.24) is 0 Å². The first-order valence-corrected chi connectivity index (χ1v) is 11.4. The molecule has 2 fully saturated rings. The quantitative estimate of drug-likeness (QED) is 0.580. The van der Waals surface area contributed by atoms with Gasteiger partial charge in [-0.2, -0.15) is 0 Å². The summed E-state index contributed by atoms with van der Waals surface area (Å²) in [4.78, 5) is 11.5. The van der Waals surface area contributed by atoms with Crippen LogP contribution in [0.25, 0.3) is 0 Å². The van der Waals surface area contributed by atoms with E-state index in [1.54, 1.807) is 13.0 Å². The van der Waals surface area contributed by atoms with Crippen molar-refractivity contribution < 1.29 is 24.9 Å². The molecule has 1 aromatic rings. The van der Waals surface area contributed by atoms with Crippen LogP contribution in [0, 0.1) is 24.2 Å². The highest BCUT2D eigenvalue weighted by Crippen LogP contribution is 2.53. The zero-order valence-corrected chi connectivity index (χ0v) is 18.0. The number of carboxylic acids is 1. The van der Waals surface area contributed by atoms with Crippen LogP contribution < -0.4 is 4.74 Å². The second-order valence-electron chi connectivity index (χ2n) is 9.57. The minimum absolute atomic E-state index is 0.0415. The molecule has 3 N–H and O–H groups in total. The van der Waals surface area contributed by atoms with Gasteiger partial charge in [-0.3, -0.25) is 0 Å². The van der Waals surface area contributed by atoms with Crippen LogP contribution >= 0.6 is 0 Å². The van der Waals surface area contributed by atoms with Gasteiger partial charge < -0.3 is 20.1 Å². The second kappa shape index (κ2) is 8.35. The highest BCUT2D eigenvalue weighted by atomic mass is 16.5. The maximum Gasteiger partial charge on any atom is 0.336 e. The highest BCUT2D eigenvalue weighted by molar-refractivity contribution is 5.90. The summed E-state index contributed by atoms with van der Waals surface area (Å²) in [6.45, 7) is 3.98. The van der Waals surface area contributed by atoms with Crippen molar-refractivity contribution in [2.75, 3.05) is 0 Å². The smallest absolute Gasteiger partial charge is 0.336 e. The van der Waals surface area contributed by atoms with Gasteiger partial charge in [-0.25, -0.2) is 4.79 Å². The van der Waals surface area contributed by atoms with Gasteiger partial charge in [0, 0.05) is 23.8 Å². The van der Waals surface area contributed by atoms with Crippen molar-refractivity contribution in [3.8, 4) is 5.75 Å². The lowest BCUT2D eigenvalue weighted by Gasteiger charge is -2.23. The Labute approximate surface area is 178 Å². The van der Waals surface area contributed by atoms with E-state index in [0.29, 0.717) is 17.7 Å². The molecular weight excluding hydrogens is 380 g/mol. The zero-order valence-electron chi connectivity index (χ0n) is 18.0. The molecule has 30 heavy (non-hydrogen) atoms. The number of hydrogen-bond acceptors (Lipinski definition) is 4. The van der Waals surface area contributed by atoms with Gasteiger partial charge in [0.05, 0.1) is 17.8 Å². The Morgan fingerprint density at radius 3 is 2.80 bits per heavy atom. The number of unbranched alkanes of at least 4 members (excludes halogenated alkanes) is 1. The predicted octanol–water partition coefficient (Wildman–Crippen LogP) is 4.27. The summed E-state index contributed by atoms with van der Waals surface area (Å²) < 4.78 is 6.32. The SMILES string of the molecule is CCCCC1(C(O)/C=C/[C@@H]2[C@H]3CCc4ccc(C(=O)O)c(C)c4O[C@H]3C[C@H]2O)CC1. The standard InChI is InChI=1S/C25H34O5/c1-3-4-11-25(12-13-25)22(27)10-9-18-19-8-6-16-5-7-17(24(28)29)15(2)23(16)30-21(19)14-20(18)26/h5,7,9-10,18-22,26-27H,3-4,6,8,11-14H2,1-2H3,(H,28,29)/b10-9+/t18-,19-,20-,21+,22?/m1/s1. The van der Waals surface area contributed by atoms with Gasteiger partial charge in [0.25, 0.3) is 0 Å². The molecule has 0 radical (unpaired) electrons. The monoisotopic (exact) mass is 414 g/mol. The molecule has 1 aromatic carbocycles. The van der Waals surface area contributed by atoms with Crippen molar-refractivity contribution >= 4 is 5.97 Å². The van der Waals surface area contributed by atoms with E-state index in [0.717, 1.165) is 50.5 Å². The van der Waals surface area contributed by atoms with E-state index >= 15 is 0 Å². The third-order valence-electron chi connectivity index (χ3n) is 7.69. The highest BCUT2D eigenvalue weighted by Gasteiger charge is 2.48. The first kappa shape index (κ1) is 21.4. The fraction of sp³-hybridized carbons (Fsp3) is 0.640. The summed E-state index contributed by atoms with van der Waals surface area (Å²) in [5.41, 5.74) is 2.03. The molecular formula is C25H34O5. The summed E-state index contributed by atoms with van der Waals surface area (Å²) in [5.74, 6) is -0.150. The molecule has 4 rings (SSSR count). The van der Waals surface area contributed by atoms with Crippen molar-refractivity contribution in [2.45, 2.75) is 83.5 Å². The molecule has 5 nitrogen and oxygen atoms in total. The summed E-state index contributed by atoms with van der Waals surface area (Å²) in [6, 6.07) is 3.53. The Balaban J connectivity index is 1.50. The Morgan fingerprint density at radius 2 is 2.13 bits per heavy atom. The molecule has 0 amide bonds. The number of fused-ring (bicyclic) bond motifs is 2. The first-order valence-electron chi connectivity index (χ1n) is 11.4. The van der Waals surface area contributed by atoms with Crippen LogP contribution in [0.2, 0.25) is 0 Å². The molecule has 2 aliphatic carbocycles. The van der Waals surface area contributed by atoms with Gasteiger partial charge in [0.15, 0.2) is 0 Å². The van der Waals surface area contributed by atoms with Gasteiger partial charge in [-0.15, -0.1) is 0 Å². The fourth-order valence-electron chi connectivity index (χ4n) is 5.52. The molecule has 1 unspecified atom stereocenters. The van der Waals surface area contributed by atoms with Gasteiger partial charge >= 0.3 is 5.97 Å². The lowest BCUT2D eigenvalue weighted by atomic mass is 9.86. The molecule has 5 atom stereocenters. The molecule has 1 aliphatic heterocycles. The average molecular weight is 415 g/mol. The van der Waals surface area contributed by atoms with Crippen LogP contribution in [0.3, 0.4) is 0 Å². The Hall–Kier alpha value is -1.85. The van der Waals surface area contributed by atoms with Gasteiger partial charge in [0.2, 0.25) is 0 Å². The Morgan fingerprint density at radius 1 is 1.37 bits per heavy atom. The largest absolute Gasteiger partial charge is 0.489 e. The number of aromatic carboxylic acids is 1. The number of carbonyl (C=O) groups is 1. The number of ether oxygens (including phenoxy) is 1. The van der Waals surface area contributed by atoms with E-state index in [-0.39, 0.29) is 28.9 Å². The topological polar surface area (TPSA) is 87.0 Å². The van der Waals surface area contributed by atoms with Crippen LogP contribution in [-0.4, -0.2) is 39.6 Å². The summed E-state index contributed by atoms with van der Waals surface area (Å²) in [7, 11) is 0. The minimum Gasteiger partial charge on any atom is -0.489 e. The molecule has 2 saturated carbocycles. The van der Waals surface area contributed by atoms with Gasteiger partial charge in [0.1, 0.15) is 11.9 Å². The van der Waals surface area contributed by atoms with Crippen molar-refractivity contribution in [3.63, 3.8) is 0 Å². The Bertz CT molecular complexity index is 825. The van der Waals surface area contributed by atoms with Gasteiger partial charge in [-0.05, 0) is 56.1 Å². The second-order valence-corrected chi connectivity index (χ2v) is 9.57. The van der Waals surface area contributed by atoms with E-state index < -0.39 is 18.2 Å². The number of aliphatic hydroxyl groups is 2. The lowest BCUT2D eigenvalue weighted by molar-refractivity contribution is 0.0694. The van der Waals surface area contributed by atoms with Gasteiger partial charge in [-0.1, -0.05) is 38.0 Å². The van der Waals surface area contributed by atoms with E-state index in [9.17, 15) is 20.1 Å². The van der Waals surface area contributed by atoms with E-state index in [4.69, 9.17) is 4.74 Å². The number of hydrogen-bond donors (Lipinski definition) is 3. The molecule has 164 valence electrons. The molecule has 0 spiro atoms. The predicted molar refractivity (Wildman–Crippen MR) is 115 cm³/mol. The number of benzene rings is 1. The Kier molecular flexibility index (Phi) is 5.95. The zero-order chi connectivity index (χ0) is 21.5. The van der Waals surface area contributed by atoms with Crippen molar-refractivity contribution in [2.24, 2.45) is 17.3 Å². The van der Waals surface area contributed by atoms with Crippen LogP contribution in [0.1, 0.15) is 73.4 Å². The molecule has 1 heterocycles. The van der Waals surface area contributed by atoms with Crippen LogP contribution in [0.4, 0.5) is 0 Å². The van der Waals surface area contributed by atoms with E-state index in [1.807, 2.05) is 18.2 Å². The fourth-order valence-corrected chi connectivity index (χ4v) is 5.52. The van der Waals surface area contributed by atoms with E-state index in [1.165, 1.54) is 0 Å². The van der Waals surface area contributed by atoms with Crippen molar-refractivity contribution in [3.05, 3.63) is 41.0 Å². The average Bonchev–Trinajstić information content (AvgIpc) is 3.47. The van der Waals surface area contributed by atoms with Crippen molar-refractivity contribution in [1.29, 1.82) is 0 Å². The molecule has 3 aliphatic rings. The molecule has 5 heteroatoms. The third-order valence-corrected chi connectivity index (χ3v) is 7.69. The van der Waals surface area contributed by atoms with E-state index in [2.05, 4.69) is 6.92 Å². The summed E-state index contributed by atoms with van der Waals surface area (Å²) >= 11 is 0.